The first kappa shape index (κ1) is 13.7. The molecule has 0 fully saturated rings. The average molecular weight is 224 g/mol. The molecule has 0 aliphatic carbocycles. The van der Waals surface area contributed by atoms with Crippen LogP contribution in [0, 0.1) is 0 Å². The van der Waals surface area contributed by atoms with E-state index >= 15 is 0 Å². The standard InChI is InChI=1S/C8H13N2.BF4/c1-3-5-10-7-6-9(4-2)8-10;2-1(3,4)5/h3,6-8H,1,4-5H2,2H3;/q+1;-1. The summed E-state index contributed by atoms with van der Waals surface area (Å²) in [6.45, 7) is 7.71. The first-order valence-electron chi connectivity index (χ1n) is 4.40. The van der Waals surface area contributed by atoms with Crippen molar-refractivity contribution in [3.8, 4) is 0 Å². The third-order valence-electron chi connectivity index (χ3n) is 1.45. The van der Waals surface area contributed by atoms with Crippen molar-refractivity contribution in [3.05, 3.63) is 31.4 Å². The third-order valence-corrected chi connectivity index (χ3v) is 1.45. The molecule has 7 heteroatoms. The molecule has 0 amide bonds. The van der Waals surface area contributed by atoms with Crippen LogP contribution in [0.5, 0.6) is 0 Å². The Hall–Kier alpha value is -1.27. The smallest absolute Gasteiger partial charge is 0.418 e. The minimum absolute atomic E-state index is 0.896. The second-order valence-electron chi connectivity index (χ2n) is 2.72. The normalized spacial score (nSPS) is 10.5. The number of nitrogens with zero attached hydrogens (tertiary/aromatic N) is 2. The van der Waals surface area contributed by atoms with Gasteiger partial charge in [-0.05, 0) is 6.92 Å². The minimum Gasteiger partial charge on any atom is -0.418 e. The van der Waals surface area contributed by atoms with E-state index in [0.29, 0.717) is 0 Å². The summed E-state index contributed by atoms with van der Waals surface area (Å²) in [5.41, 5.74) is 0. The molecule has 0 radical (unpaired) electrons. The van der Waals surface area contributed by atoms with Crippen molar-refractivity contribution in [2.24, 2.45) is 0 Å². The molecule has 1 rings (SSSR count). The van der Waals surface area contributed by atoms with E-state index in [0.717, 1.165) is 13.1 Å². The summed E-state index contributed by atoms with van der Waals surface area (Å²) in [4.78, 5) is 0. The molecule has 0 aliphatic rings. The third kappa shape index (κ3) is 9.05. The zero-order chi connectivity index (χ0) is 11.9. The van der Waals surface area contributed by atoms with E-state index in [9.17, 15) is 17.3 Å². The zero-order valence-corrected chi connectivity index (χ0v) is 8.41. The number of allylic oxidation sites excluding steroid dienone is 1. The zero-order valence-electron chi connectivity index (χ0n) is 8.41. The summed E-state index contributed by atoms with van der Waals surface area (Å²) in [5.74, 6) is 0. The molecular formula is C8H13BF4N2. The predicted octanol–water partition coefficient (Wildman–Crippen LogP) is 2.28. The van der Waals surface area contributed by atoms with Crippen LogP contribution in [0.25, 0.3) is 0 Å². The second-order valence-corrected chi connectivity index (χ2v) is 2.72. The number of aryl methyl sites for hydroxylation is 1. The molecule has 0 spiro atoms. The lowest BCUT2D eigenvalue weighted by molar-refractivity contribution is -0.693. The van der Waals surface area contributed by atoms with E-state index in [2.05, 4.69) is 35.2 Å². The van der Waals surface area contributed by atoms with Crippen LogP contribution in [0.2, 0.25) is 0 Å². The maximum Gasteiger partial charge on any atom is 0.673 e. The van der Waals surface area contributed by atoms with Gasteiger partial charge in [-0.2, -0.15) is 0 Å². The lowest BCUT2D eigenvalue weighted by Gasteiger charge is -1.94. The lowest BCUT2D eigenvalue weighted by Crippen LogP contribution is -2.28. The van der Waals surface area contributed by atoms with E-state index < -0.39 is 7.25 Å². The van der Waals surface area contributed by atoms with E-state index in [1.807, 2.05) is 12.3 Å². The highest BCUT2D eigenvalue weighted by Crippen LogP contribution is 2.06. The van der Waals surface area contributed by atoms with Crippen LogP contribution in [0.3, 0.4) is 0 Å². The van der Waals surface area contributed by atoms with Gasteiger partial charge < -0.3 is 17.3 Å². The highest BCUT2D eigenvalue weighted by Gasteiger charge is 2.20. The Balaban J connectivity index is 0.000000336. The topological polar surface area (TPSA) is 8.81 Å². The Labute approximate surface area is 85.9 Å². The molecule has 0 bridgehead atoms. The van der Waals surface area contributed by atoms with Crippen molar-refractivity contribution in [2.75, 3.05) is 0 Å². The number of aromatic nitrogens is 2. The van der Waals surface area contributed by atoms with E-state index in [4.69, 9.17) is 0 Å². The van der Waals surface area contributed by atoms with Crippen molar-refractivity contribution < 1.29 is 21.8 Å². The van der Waals surface area contributed by atoms with Gasteiger partial charge >= 0.3 is 7.25 Å². The molecule has 0 unspecified atom stereocenters. The van der Waals surface area contributed by atoms with Gasteiger partial charge in [-0.3, -0.25) is 0 Å². The number of imidazole rings is 1. The maximum atomic E-state index is 9.75. The van der Waals surface area contributed by atoms with Crippen molar-refractivity contribution >= 4 is 7.25 Å². The van der Waals surface area contributed by atoms with Crippen LogP contribution in [0.15, 0.2) is 31.4 Å². The van der Waals surface area contributed by atoms with E-state index in [-0.39, 0.29) is 0 Å². The van der Waals surface area contributed by atoms with E-state index in [1.54, 1.807) is 0 Å². The molecule has 15 heavy (non-hydrogen) atoms. The second kappa shape index (κ2) is 6.26. The monoisotopic (exact) mass is 224 g/mol. The molecule has 1 heterocycles. The lowest BCUT2D eigenvalue weighted by atomic mass is 10.3. The van der Waals surface area contributed by atoms with Gasteiger partial charge in [0.25, 0.3) is 0 Å². The van der Waals surface area contributed by atoms with Gasteiger partial charge in [0.2, 0.25) is 6.33 Å². The van der Waals surface area contributed by atoms with Gasteiger partial charge in [-0.15, -0.1) is 0 Å². The number of halogens is 4. The van der Waals surface area contributed by atoms with E-state index in [1.165, 1.54) is 0 Å². The van der Waals surface area contributed by atoms with Crippen molar-refractivity contribution in [2.45, 2.75) is 20.0 Å². The number of hydrogen-bond donors (Lipinski definition) is 0. The Kier molecular flexibility index (Phi) is 5.73. The maximum absolute atomic E-state index is 9.75. The average Bonchev–Trinajstić information content (AvgIpc) is 2.50. The number of hydrogen-bond acceptors (Lipinski definition) is 0. The van der Waals surface area contributed by atoms with Crippen LogP contribution in [0.4, 0.5) is 17.3 Å². The largest absolute Gasteiger partial charge is 0.673 e. The summed E-state index contributed by atoms with van der Waals surface area (Å²) < 4.78 is 43.2. The summed E-state index contributed by atoms with van der Waals surface area (Å²) in [6.07, 6.45) is 8.07. The molecule has 0 aliphatic heterocycles. The van der Waals surface area contributed by atoms with Gasteiger partial charge in [0.15, 0.2) is 0 Å². The highest BCUT2D eigenvalue weighted by atomic mass is 19.5. The van der Waals surface area contributed by atoms with Crippen molar-refractivity contribution in [1.82, 2.24) is 4.57 Å². The van der Waals surface area contributed by atoms with Crippen molar-refractivity contribution in [3.63, 3.8) is 0 Å². The molecule has 0 saturated carbocycles. The van der Waals surface area contributed by atoms with Crippen LogP contribution in [-0.4, -0.2) is 11.8 Å². The minimum atomic E-state index is -6.00. The van der Waals surface area contributed by atoms with Gasteiger partial charge in [0, 0.05) is 0 Å². The Morgan fingerprint density at radius 3 is 2.27 bits per heavy atom. The predicted molar refractivity (Wildman–Crippen MR) is 50.7 cm³/mol. The van der Waals surface area contributed by atoms with Crippen LogP contribution in [-0.2, 0) is 13.1 Å². The first-order chi connectivity index (χ1) is 6.86. The molecule has 0 saturated heterocycles. The molecule has 0 aromatic carbocycles. The molecule has 1 aromatic heterocycles. The SMILES string of the molecule is C=CCn1cc[n+](CC)c1.F[B-](F)(F)F. The van der Waals surface area contributed by atoms with Gasteiger partial charge in [0.05, 0.1) is 6.54 Å². The summed E-state index contributed by atoms with van der Waals surface area (Å²) in [5, 5.41) is 0. The summed E-state index contributed by atoms with van der Waals surface area (Å²) in [6, 6.07) is 0. The van der Waals surface area contributed by atoms with Crippen molar-refractivity contribution in [1.29, 1.82) is 0 Å². The molecule has 1 aromatic rings. The van der Waals surface area contributed by atoms with Gasteiger partial charge in [-0.25, -0.2) is 9.13 Å². The first-order valence-corrected chi connectivity index (χ1v) is 4.40. The van der Waals surface area contributed by atoms with Crippen LogP contribution >= 0.6 is 0 Å². The Bertz CT molecular complexity index is 289. The molecular weight excluding hydrogens is 211 g/mol. The summed E-state index contributed by atoms with van der Waals surface area (Å²) >= 11 is 0. The van der Waals surface area contributed by atoms with Gasteiger partial charge in [0.1, 0.15) is 18.9 Å². The fourth-order valence-electron chi connectivity index (χ4n) is 0.883. The fraction of sp³-hybridized carbons (Fsp3) is 0.375. The fourth-order valence-corrected chi connectivity index (χ4v) is 0.883. The Morgan fingerprint density at radius 2 is 1.93 bits per heavy atom. The number of rotatable bonds is 3. The molecule has 2 nitrogen and oxygen atoms in total. The molecule has 0 atom stereocenters. The highest BCUT2D eigenvalue weighted by molar-refractivity contribution is 6.50. The summed E-state index contributed by atoms with van der Waals surface area (Å²) in [7, 11) is -6.00. The van der Waals surface area contributed by atoms with Gasteiger partial charge in [-0.1, -0.05) is 12.7 Å². The molecule has 0 N–H and O–H groups in total. The Morgan fingerprint density at radius 1 is 1.40 bits per heavy atom. The van der Waals surface area contributed by atoms with Crippen LogP contribution in [0.1, 0.15) is 6.92 Å². The molecule has 86 valence electrons. The quantitative estimate of drug-likeness (QED) is 0.322. The van der Waals surface area contributed by atoms with Crippen LogP contribution < -0.4 is 4.57 Å².